The Morgan fingerprint density at radius 2 is 1.95 bits per heavy atom. The molecule has 1 aromatic carbocycles. The number of ether oxygens (including phenoxy) is 1. The van der Waals surface area contributed by atoms with Crippen molar-refractivity contribution in [1.29, 1.82) is 0 Å². The van der Waals surface area contributed by atoms with Gasteiger partial charge in [-0.2, -0.15) is 0 Å². The van der Waals surface area contributed by atoms with E-state index >= 15 is 0 Å². The molecule has 1 amide bonds. The van der Waals surface area contributed by atoms with Gasteiger partial charge in [-0.25, -0.2) is 23.1 Å². The highest BCUT2D eigenvalue weighted by Crippen LogP contribution is 2.29. The third-order valence-corrected chi connectivity index (χ3v) is 10.4. The van der Waals surface area contributed by atoms with E-state index in [-0.39, 0.29) is 9.90 Å². The number of imidazole rings is 1. The monoisotopic (exact) mass is 636 g/mol. The molecule has 1 N–H and O–H groups in total. The number of sulfonamides is 1. The molecule has 0 saturated heterocycles. The van der Waals surface area contributed by atoms with E-state index in [4.69, 9.17) is 16.3 Å². The van der Waals surface area contributed by atoms with Crippen molar-refractivity contribution in [3.05, 3.63) is 68.4 Å². The molecule has 4 aromatic rings. The molecule has 1 saturated carbocycles. The molecule has 1 aliphatic rings. The van der Waals surface area contributed by atoms with Crippen LogP contribution in [0.15, 0.2) is 50.5 Å². The number of halogens is 2. The van der Waals surface area contributed by atoms with Crippen LogP contribution in [0.2, 0.25) is 5.02 Å². The lowest BCUT2D eigenvalue weighted by atomic mass is 9.90. The van der Waals surface area contributed by atoms with Crippen LogP contribution < -0.4 is 9.46 Å². The number of fused-ring (bicyclic) bond motifs is 1. The molecule has 8 nitrogen and oxygen atoms in total. The number of hydrogen-bond acceptors (Lipinski definition) is 7. The van der Waals surface area contributed by atoms with E-state index in [1.165, 1.54) is 44.2 Å². The maximum atomic E-state index is 12.8. The first-order chi connectivity index (χ1) is 18.2. The second-order valence-electron chi connectivity index (χ2n) is 9.35. The van der Waals surface area contributed by atoms with Gasteiger partial charge in [0.2, 0.25) is 0 Å². The Morgan fingerprint density at radius 1 is 1.16 bits per heavy atom. The summed E-state index contributed by atoms with van der Waals surface area (Å²) >= 11 is 10.9. The smallest absolute Gasteiger partial charge is 0.283 e. The second-order valence-corrected chi connectivity index (χ2v) is 14.1. The van der Waals surface area contributed by atoms with Crippen molar-refractivity contribution in [2.24, 2.45) is 5.92 Å². The Kier molecular flexibility index (Phi) is 8.08. The number of nitrogens with zero attached hydrogens (tertiary/aromatic N) is 3. The van der Waals surface area contributed by atoms with Gasteiger partial charge in [-0.1, -0.05) is 36.9 Å². The van der Waals surface area contributed by atoms with Crippen molar-refractivity contribution in [3.63, 3.8) is 0 Å². The predicted octanol–water partition coefficient (Wildman–Crippen LogP) is 6.34. The lowest BCUT2D eigenvalue weighted by Crippen LogP contribution is -2.30. The van der Waals surface area contributed by atoms with Crippen molar-refractivity contribution in [1.82, 2.24) is 19.3 Å². The normalized spacial score (nSPS) is 14.6. The number of nitrogens with one attached hydrogen (secondary N) is 1. The van der Waals surface area contributed by atoms with Crippen molar-refractivity contribution < 1.29 is 17.9 Å². The Morgan fingerprint density at radius 3 is 2.66 bits per heavy atom. The third-order valence-electron chi connectivity index (χ3n) is 6.62. The summed E-state index contributed by atoms with van der Waals surface area (Å²) in [5.74, 6) is 1.21. The Hall–Kier alpha value is -2.47. The fraction of sp³-hybridized carbons (Fsp3) is 0.346. The van der Waals surface area contributed by atoms with Gasteiger partial charge >= 0.3 is 0 Å². The predicted molar refractivity (Wildman–Crippen MR) is 152 cm³/mol. The first-order valence-electron chi connectivity index (χ1n) is 12.3. The van der Waals surface area contributed by atoms with Crippen molar-refractivity contribution in [2.45, 2.75) is 49.8 Å². The van der Waals surface area contributed by atoms with Gasteiger partial charge in [0, 0.05) is 5.02 Å². The van der Waals surface area contributed by atoms with Crippen LogP contribution in [0.3, 0.4) is 0 Å². The average molecular weight is 638 g/mol. The van der Waals surface area contributed by atoms with Gasteiger partial charge in [0.25, 0.3) is 15.9 Å². The molecule has 0 unspecified atom stereocenters. The van der Waals surface area contributed by atoms with Crippen LogP contribution in [0.4, 0.5) is 0 Å². The van der Waals surface area contributed by atoms with Crippen molar-refractivity contribution in [3.8, 4) is 5.75 Å². The number of carbonyl (C=O) groups is 1. The van der Waals surface area contributed by atoms with Gasteiger partial charge in [-0.3, -0.25) is 4.79 Å². The van der Waals surface area contributed by atoms with Gasteiger partial charge in [0.15, 0.2) is 5.65 Å². The fourth-order valence-electron chi connectivity index (χ4n) is 4.58. The summed E-state index contributed by atoms with van der Waals surface area (Å²) in [6, 6.07) is 11.8. The molecule has 0 atom stereocenters. The maximum Gasteiger partial charge on any atom is 0.283 e. The molecule has 0 bridgehead atoms. The van der Waals surface area contributed by atoms with Crippen LogP contribution in [0.5, 0.6) is 5.75 Å². The number of carbonyl (C=O) groups excluding carboxylic acids is 1. The van der Waals surface area contributed by atoms with Gasteiger partial charge in [0.05, 0.1) is 16.9 Å². The molecule has 5 rings (SSSR count). The molecule has 3 heterocycles. The molecule has 0 spiro atoms. The van der Waals surface area contributed by atoms with Crippen molar-refractivity contribution >= 4 is 66.0 Å². The minimum atomic E-state index is -4.02. The SMILES string of the molecule is Cc1nc2ccc(C(=O)NS(=O)(=O)c3ccc(Br)s3)nc2n1Cc1ccc(OCC2CCCCC2)cc1Cl. The van der Waals surface area contributed by atoms with Crippen LogP contribution in [0.1, 0.15) is 54.0 Å². The number of benzene rings is 1. The molecule has 0 radical (unpaired) electrons. The molecule has 3 aromatic heterocycles. The first-order valence-corrected chi connectivity index (χ1v) is 15.7. The number of thiophene rings is 1. The van der Waals surface area contributed by atoms with Crippen LogP contribution in [-0.2, 0) is 16.6 Å². The van der Waals surface area contributed by atoms with E-state index in [1.807, 2.05) is 29.7 Å². The molecular weight excluding hydrogens is 612 g/mol. The number of rotatable bonds is 8. The average Bonchev–Trinajstić information content (AvgIpc) is 3.47. The highest BCUT2D eigenvalue weighted by atomic mass is 79.9. The van der Waals surface area contributed by atoms with E-state index in [0.717, 1.165) is 22.6 Å². The molecule has 1 fully saturated rings. The summed E-state index contributed by atoms with van der Waals surface area (Å²) in [5.41, 5.74) is 1.87. The maximum absolute atomic E-state index is 12.8. The molecule has 200 valence electrons. The Bertz CT molecular complexity index is 1600. The van der Waals surface area contributed by atoms with E-state index < -0.39 is 15.9 Å². The zero-order valence-corrected chi connectivity index (χ0v) is 24.6. The van der Waals surface area contributed by atoms with Crippen LogP contribution >= 0.6 is 38.9 Å². The standard InChI is InChI=1S/C26H26BrClN4O4S2/c1-16-29-21-9-10-22(26(33)31-38(34,35)24-12-11-23(27)37-24)30-25(21)32(16)14-18-7-8-19(13-20(18)28)36-15-17-5-3-2-4-6-17/h7-13,17H,2-6,14-15H2,1H3,(H,31,33). The topological polar surface area (TPSA) is 103 Å². The number of hydrogen-bond donors (Lipinski definition) is 1. The van der Waals surface area contributed by atoms with Crippen molar-refractivity contribution in [2.75, 3.05) is 6.61 Å². The van der Waals surface area contributed by atoms with Gasteiger partial charge in [0.1, 0.15) is 27.0 Å². The fourth-order valence-corrected chi connectivity index (χ4v) is 7.78. The summed E-state index contributed by atoms with van der Waals surface area (Å²) in [4.78, 5) is 21.8. The summed E-state index contributed by atoms with van der Waals surface area (Å²) in [7, 11) is -4.02. The minimum Gasteiger partial charge on any atom is -0.493 e. The molecule has 0 aliphatic heterocycles. The zero-order chi connectivity index (χ0) is 26.9. The minimum absolute atomic E-state index is 0.0282. The van der Waals surface area contributed by atoms with E-state index in [2.05, 4.69) is 30.6 Å². The second kappa shape index (κ2) is 11.3. The zero-order valence-electron chi connectivity index (χ0n) is 20.6. The largest absolute Gasteiger partial charge is 0.493 e. The number of amides is 1. The number of aromatic nitrogens is 3. The van der Waals surface area contributed by atoms with Crippen LogP contribution in [0.25, 0.3) is 11.2 Å². The lowest BCUT2D eigenvalue weighted by Gasteiger charge is -2.21. The highest BCUT2D eigenvalue weighted by molar-refractivity contribution is 9.11. The molecule has 12 heteroatoms. The first kappa shape index (κ1) is 27.1. The number of aryl methyl sites for hydroxylation is 1. The van der Waals surface area contributed by atoms with Crippen LogP contribution in [0, 0.1) is 12.8 Å². The highest BCUT2D eigenvalue weighted by Gasteiger charge is 2.22. The van der Waals surface area contributed by atoms with Gasteiger partial charge in [-0.05, 0) is 83.6 Å². The van der Waals surface area contributed by atoms with Gasteiger partial charge in [-0.15, -0.1) is 11.3 Å². The summed E-state index contributed by atoms with van der Waals surface area (Å²) in [5, 5.41) is 0.564. The molecule has 38 heavy (non-hydrogen) atoms. The number of pyridine rings is 1. The van der Waals surface area contributed by atoms with Gasteiger partial charge < -0.3 is 9.30 Å². The third kappa shape index (κ3) is 6.06. The summed E-state index contributed by atoms with van der Waals surface area (Å²) < 4.78 is 35.8. The molecule has 1 aliphatic carbocycles. The van der Waals surface area contributed by atoms with E-state index in [0.29, 0.717) is 44.9 Å². The Labute approximate surface area is 238 Å². The molecular formula is C26H26BrClN4O4S2. The summed E-state index contributed by atoms with van der Waals surface area (Å²) in [6.45, 7) is 2.93. The van der Waals surface area contributed by atoms with Crippen LogP contribution in [-0.4, -0.2) is 35.5 Å². The Balaban J connectivity index is 1.33. The lowest BCUT2D eigenvalue weighted by molar-refractivity contribution is 0.0977. The van der Waals surface area contributed by atoms with E-state index in [9.17, 15) is 13.2 Å². The van der Waals surface area contributed by atoms with E-state index in [1.54, 1.807) is 12.1 Å². The quantitative estimate of drug-likeness (QED) is 0.242. The summed E-state index contributed by atoms with van der Waals surface area (Å²) in [6.07, 6.45) is 6.28.